The summed E-state index contributed by atoms with van der Waals surface area (Å²) in [5.74, 6) is 1.41. The molecule has 0 spiro atoms. The number of carbonyl (C=O) groups is 1. The number of ether oxygens (including phenoxy) is 2. The first-order chi connectivity index (χ1) is 21.8. The molecule has 2 aromatic heterocycles. The minimum absolute atomic E-state index is 0.0584. The number of amides is 1. The van der Waals surface area contributed by atoms with Crippen LogP contribution in [-0.4, -0.2) is 75.0 Å². The Bertz CT molecular complexity index is 1700. The molecule has 46 heavy (non-hydrogen) atoms. The van der Waals surface area contributed by atoms with Crippen LogP contribution in [0.15, 0.2) is 58.2 Å². The highest BCUT2D eigenvalue weighted by molar-refractivity contribution is 9.10. The van der Waals surface area contributed by atoms with Gasteiger partial charge < -0.3 is 24.6 Å². The van der Waals surface area contributed by atoms with Crippen LogP contribution in [0.3, 0.4) is 0 Å². The summed E-state index contributed by atoms with van der Waals surface area (Å²) in [4.78, 5) is 29.8. The van der Waals surface area contributed by atoms with Crippen LogP contribution in [0.1, 0.15) is 41.5 Å². The molecule has 0 radical (unpaired) electrons. The summed E-state index contributed by atoms with van der Waals surface area (Å²) < 4.78 is 27.6. The van der Waals surface area contributed by atoms with E-state index in [0.29, 0.717) is 60.5 Å². The second kappa shape index (κ2) is 13.8. The molecule has 1 unspecified atom stereocenters. The van der Waals surface area contributed by atoms with Crippen LogP contribution < -0.4 is 15.0 Å². The van der Waals surface area contributed by atoms with E-state index in [-0.39, 0.29) is 28.6 Å². The number of hydrogen-bond acceptors (Lipinski definition) is 10. The number of nitrogens with one attached hydrogen (secondary N) is 1. The third-order valence-corrected chi connectivity index (χ3v) is 7.87. The SMILES string of the molecule is CC(C)/C=N\N1C=CC(Oc2cc(F)c(Nc3ncnc4cc(Br)c(N5CCN(C(=O)OC(C)(C)C)CC5)nc34)cc2Cl)=CC1C. The molecule has 1 fully saturated rings. The van der Waals surface area contributed by atoms with Gasteiger partial charge in [0.2, 0.25) is 0 Å². The van der Waals surface area contributed by atoms with Crippen molar-refractivity contribution in [1.82, 2.24) is 24.9 Å². The van der Waals surface area contributed by atoms with E-state index in [1.807, 2.05) is 51.1 Å². The summed E-state index contributed by atoms with van der Waals surface area (Å²) in [6, 6.07) is 4.46. The highest BCUT2D eigenvalue weighted by atomic mass is 79.9. The number of pyridine rings is 1. The van der Waals surface area contributed by atoms with Crippen molar-refractivity contribution in [3.63, 3.8) is 0 Å². The minimum Gasteiger partial charge on any atom is -0.456 e. The average Bonchev–Trinajstić information content (AvgIpc) is 2.98. The largest absolute Gasteiger partial charge is 0.456 e. The van der Waals surface area contributed by atoms with Crippen LogP contribution >= 0.6 is 27.5 Å². The number of piperazine rings is 1. The first-order valence-corrected chi connectivity index (χ1v) is 16.1. The van der Waals surface area contributed by atoms with Crippen molar-refractivity contribution < 1.29 is 18.7 Å². The van der Waals surface area contributed by atoms with Gasteiger partial charge in [0.25, 0.3) is 0 Å². The molecule has 11 nitrogen and oxygen atoms in total. The molecular weight excluding hydrogens is 679 g/mol. The van der Waals surface area contributed by atoms with Gasteiger partial charge in [0.15, 0.2) is 5.82 Å². The van der Waals surface area contributed by atoms with Gasteiger partial charge in [0.1, 0.15) is 40.6 Å². The lowest BCUT2D eigenvalue weighted by atomic mass is 10.2. The van der Waals surface area contributed by atoms with E-state index in [4.69, 9.17) is 26.1 Å². The Hall–Kier alpha value is -3.97. The zero-order valence-corrected chi connectivity index (χ0v) is 28.9. The molecule has 5 rings (SSSR count). The van der Waals surface area contributed by atoms with Crippen molar-refractivity contribution in [2.75, 3.05) is 36.4 Å². The molecule has 1 amide bonds. The molecule has 1 aromatic carbocycles. The van der Waals surface area contributed by atoms with E-state index >= 15 is 4.39 Å². The van der Waals surface area contributed by atoms with Crippen molar-refractivity contribution in [2.45, 2.75) is 53.2 Å². The number of nitrogens with zero attached hydrogens (tertiary/aromatic N) is 7. The maximum Gasteiger partial charge on any atom is 0.410 e. The third-order valence-electron chi connectivity index (χ3n) is 6.99. The fourth-order valence-corrected chi connectivity index (χ4v) is 5.49. The lowest BCUT2D eigenvalue weighted by Crippen LogP contribution is -2.50. The van der Waals surface area contributed by atoms with Gasteiger partial charge in [-0.1, -0.05) is 25.4 Å². The Kier molecular flexibility index (Phi) is 10.0. The quantitative estimate of drug-likeness (QED) is 0.249. The van der Waals surface area contributed by atoms with Gasteiger partial charge in [-0.05, 0) is 73.8 Å². The van der Waals surface area contributed by atoms with Crippen molar-refractivity contribution >= 4 is 68.2 Å². The van der Waals surface area contributed by atoms with Gasteiger partial charge in [-0.3, -0.25) is 5.01 Å². The maximum atomic E-state index is 15.4. The first kappa shape index (κ1) is 33.4. The van der Waals surface area contributed by atoms with Crippen LogP contribution in [-0.2, 0) is 4.74 Å². The standard InChI is InChI=1S/C32H37BrClFN8O3/c1-19(2)17-38-43-8-7-21(13-20(43)3)45-27-16-24(35)25(15-23(27)34)39-29-28-26(36-18-37-29)14-22(33)30(40-28)41-9-11-42(12-10-41)31(44)46-32(4,5)6/h7-8,13-20H,9-12H2,1-6H3,(H,36,37,39)/b38-17-. The number of anilines is 3. The van der Waals surface area contributed by atoms with Gasteiger partial charge in [0, 0.05) is 44.7 Å². The number of benzene rings is 1. The monoisotopic (exact) mass is 714 g/mol. The fourth-order valence-electron chi connectivity index (χ4n) is 4.73. The first-order valence-electron chi connectivity index (χ1n) is 15.0. The van der Waals surface area contributed by atoms with Gasteiger partial charge >= 0.3 is 6.09 Å². The van der Waals surface area contributed by atoms with Crippen molar-refractivity contribution in [2.24, 2.45) is 11.0 Å². The number of rotatable bonds is 7. The summed E-state index contributed by atoms with van der Waals surface area (Å²) in [7, 11) is 0. The van der Waals surface area contributed by atoms with Crippen LogP contribution in [0.5, 0.6) is 5.75 Å². The van der Waals surface area contributed by atoms with Gasteiger partial charge in [0.05, 0.1) is 26.7 Å². The van der Waals surface area contributed by atoms with Gasteiger partial charge in [-0.2, -0.15) is 5.10 Å². The van der Waals surface area contributed by atoms with Crippen LogP contribution in [0.2, 0.25) is 5.02 Å². The summed E-state index contributed by atoms with van der Waals surface area (Å²) in [6.07, 6.45) is 8.35. The molecule has 0 aliphatic carbocycles. The summed E-state index contributed by atoms with van der Waals surface area (Å²) in [6.45, 7) is 13.7. The Balaban J connectivity index is 1.32. The predicted molar refractivity (Wildman–Crippen MR) is 182 cm³/mol. The van der Waals surface area contributed by atoms with E-state index in [0.717, 1.165) is 4.47 Å². The van der Waals surface area contributed by atoms with Crippen molar-refractivity contribution in [3.05, 3.63) is 64.0 Å². The molecule has 0 bridgehead atoms. The molecule has 1 atom stereocenters. The molecule has 14 heteroatoms. The second-order valence-electron chi connectivity index (χ2n) is 12.3. The highest BCUT2D eigenvalue weighted by Crippen LogP contribution is 2.36. The molecule has 1 N–H and O–H groups in total. The number of halogens is 3. The number of carbonyl (C=O) groups excluding carboxylic acids is 1. The molecular formula is C32H37BrClFN8O3. The topological polar surface area (TPSA) is 108 Å². The Morgan fingerprint density at radius 1 is 1.20 bits per heavy atom. The molecule has 3 aromatic rings. The van der Waals surface area contributed by atoms with E-state index in [2.05, 4.69) is 55.1 Å². The maximum absolute atomic E-state index is 15.4. The summed E-state index contributed by atoms with van der Waals surface area (Å²) in [5, 5.41) is 9.51. The van der Waals surface area contributed by atoms with Crippen molar-refractivity contribution in [1.29, 1.82) is 0 Å². The molecule has 2 aliphatic rings. The minimum atomic E-state index is -0.585. The zero-order valence-electron chi connectivity index (χ0n) is 26.6. The lowest BCUT2D eigenvalue weighted by molar-refractivity contribution is 0.0240. The number of hydrazone groups is 1. The Morgan fingerprint density at radius 3 is 2.61 bits per heavy atom. The molecule has 244 valence electrons. The number of fused-ring (bicyclic) bond motifs is 1. The lowest BCUT2D eigenvalue weighted by Gasteiger charge is -2.36. The third kappa shape index (κ3) is 8.05. The predicted octanol–water partition coefficient (Wildman–Crippen LogP) is 7.50. The Morgan fingerprint density at radius 2 is 1.93 bits per heavy atom. The van der Waals surface area contributed by atoms with Gasteiger partial charge in [-0.25, -0.2) is 24.1 Å². The smallest absolute Gasteiger partial charge is 0.410 e. The molecule has 4 heterocycles. The highest BCUT2D eigenvalue weighted by Gasteiger charge is 2.28. The van der Waals surface area contributed by atoms with Crippen LogP contribution in [0, 0.1) is 11.7 Å². The second-order valence-corrected chi connectivity index (χ2v) is 13.6. The molecule has 2 aliphatic heterocycles. The number of aromatic nitrogens is 3. The summed E-state index contributed by atoms with van der Waals surface area (Å²) in [5.41, 5.74) is 0.544. The van der Waals surface area contributed by atoms with Crippen LogP contribution in [0.25, 0.3) is 11.0 Å². The normalized spacial score (nSPS) is 17.2. The number of hydrogen-bond donors (Lipinski definition) is 1. The van der Waals surface area contributed by atoms with E-state index in [1.54, 1.807) is 17.2 Å². The van der Waals surface area contributed by atoms with Crippen LogP contribution in [0.4, 0.5) is 26.5 Å². The molecule has 0 saturated carbocycles. The average molecular weight is 716 g/mol. The van der Waals surface area contributed by atoms with E-state index < -0.39 is 11.4 Å². The summed E-state index contributed by atoms with van der Waals surface area (Å²) >= 11 is 10.2. The van der Waals surface area contributed by atoms with E-state index in [1.165, 1.54) is 18.5 Å². The zero-order chi connectivity index (χ0) is 33.2. The van der Waals surface area contributed by atoms with Crippen molar-refractivity contribution in [3.8, 4) is 5.75 Å². The fraction of sp³-hybridized carbons (Fsp3) is 0.406. The van der Waals surface area contributed by atoms with Gasteiger partial charge in [-0.15, -0.1) is 0 Å². The molecule has 1 saturated heterocycles. The Labute approximate surface area is 281 Å². The van der Waals surface area contributed by atoms with E-state index in [9.17, 15) is 4.79 Å². The number of allylic oxidation sites excluding steroid dienone is 1.